The molecule has 1 N–H and O–H groups in total. The van der Waals surface area contributed by atoms with Crippen LogP contribution in [0.3, 0.4) is 0 Å². The molecule has 0 saturated carbocycles. The predicted octanol–water partition coefficient (Wildman–Crippen LogP) is -0.0476. The van der Waals surface area contributed by atoms with Gasteiger partial charge in [-0.1, -0.05) is 0 Å². The van der Waals surface area contributed by atoms with Gasteiger partial charge in [0.15, 0.2) is 0 Å². The molecule has 0 atom stereocenters. The molecule has 1 aliphatic rings. The lowest BCUT2D eigenvalue weighted by Gasteiger charge is -2.03. The number of aromatic nitrogens is 3. The summed E-state index contributed by atoms with van der Waals surface area (Å²) in [7, 11) is 0. The normalized spacial score (nSPS) is 14.7. The summed E-state index contributed by atoms with van der Waals surface area (Å²) in [6.07, 6.45) is 3.18. The Hall–Kier alpha value is -1.04. The molecular formula is C3H3N5S. The first-order chi connectivity index (χ1) is 4.47. The third-order valence-corrected chi connectivity index (χ3v) is 1.55. The summed E-state index contributed by atoms with van der Waals surface area (Å²) in [4.78, 5) is 3.89. The van der Waals surface area contributed by atoms with E-state index >= 15 is 0 Å². The molecule has 0 spiro atoms. The molecule has 5 nitrogen and oxygen atoms in total. The molecule has 9 heavy (non-hydrogen) atoms. The molecular weight excluding hydrogens is 138 g/mol. The molecule has 2 rings (SSSR count). The van der Waals surface area contributed by atoms with Crippen molar-refractivity contribution in [3.63, 3.8) is 0 Å². The average molecular weight is 141 g/mol. The monoisotopic (exact) mass is 141 g/mol. The summed E-state index contributed by atoms with van der Waals surface area (Å²) in [6.45, 7) is 0. The zero-order valence-corrected chi connectivity index (χ0v) is 5.17. The highest BCUT2D eigenvalue weighted by Crippen LogP contribution is 2.14. The number of fused-ring (bicyclic) bond motifs is 1. The fourth-order valence-corrected chi connectivity index (χ4v) is 1.000. The van der Waals surface area contributed by atoms with Crippen molar-refractivity contribution in [3.8, 4) is 0 Å². The van der Waals surface area contributed by atoms with E-state index in [2.05, 4.69) is 19.9 Å². The predicted molar refractivity (Wildman–Crippen MR) is 34.3 cm³/mol. The van der Waals surface area contributed by atoms with Crippen LogP contribution in [0.1, 0.15) is 0 Å². The third kappa shape index (κ3) is 0.672. The first-order valence-corrected chi connectivity index (χ1v) is 3.09. The molecule has 0 fully saturated rings. The molecule has 0 aromatic carbocycles. The molecule has 0 unspecified atom stereocenters. The van der Waals surface area contributed by atoms with E-state index in [1.807, 2.05) is 0 Å². The highest BCUT2D eigenvalue weighted by atomic mass is 32.2. The second-order valence-corrected chi connectivity index (χ2v) is 2.24. The summed E-state index contributed by atoms with van der Waals surface area (Å²) in [5.74, 6) is 0.624. The molecule has 2 heterocycles. The Morgan fingerprint density at radius 1 is 1.67 bits per heavy atom. The maximum Gasteiger partial charge on any atom is 0.263 e. The largest absolute Gasteiger partial charge is 0.302 e. The van der Waals surface area contributed by atoms with E-state index in [1.54, 1.807) is 16.6 Å². The van der Waals surface area contributed by atoms with E-state index in [0.29, 0.717) is 5.95 Å². The van der Waals surface area contributed by atoms with Crippen LogP contribution in [-0.2, 0) is 0 Å². The number of nitrogens with zero attached hydrogens (tertiary/aromatic N) is 4. The summed E-state index contributed by atoms with van der Waals surface area (Å²) in [5, 5.41) is 7.35. The number of rotatable bonds is 0. The van der Waals surface area contributed by atoms with Gasteiger partial charge in [-0.3, -0.25) is 0 Å². The van der Waals surface area contributed by atoms with Crippen molar-refractivity contribution in [1.29, 1.82) is 0 Å². The molecule has 1 aliphatic heterocycles. The SMILES string of the molecule is C1=Nc2nncn2SN1. The van der Waals surface area contributed by atoms with Crippen molar-refractivity contribution in [2.75, 3.05) is 0 Å². The number of hydrogen-bond donors (Lipinski definition) is 1. The Balaban J connectivity index is 2.53. The highest BCUT2D eigenvalue weighted by Gasteiger charge is 2.04. The molecule has 0 aliphatic carbocycles. The van der Waals surface area contributed by atoms with E-state index in [4.69, 9.17) is 0 Å². The number of nitrogens with one attached hydrogen (secondary N) is 1. The second-order valence-electron chi connectivity index (χ2n) is 1.42. The van der Waals surface area contributed by atoms with Crippen LogP contribution in [0.2, 0.25) is 0 Å². The van der Waals surface area contributed by atoms with E-state index in [1.165, 1.54) is 12.1 Å². The molecule has 6 heteroatoms. The molecule has 0 radical (unpaired) electrons. The zero-order valence-electron chi connectivity index (χ0n) is 4.35. The standard InChI is InChI=1S/C3H3N5S/c1-4-3-7-5-2-8(3)9-6-1/h1-2H,(H,4,6,7). The first-order valence-electron chi connectivity index (χ1n) is 2.32. The Morgan fingerprint density at radius 3 is 3.56 bits per heavy atom. The molecule has 46 valence electrons. The van der Waals surface area contributed by atoms with Crippen LogP contribution in [0.15, 0.2) is 11.3 Å². The highest BCUT2D eigenvalue weighted by molar-refractivity contribution is 7.96. The molecule has 1 aromatic heterocycles. The Kier molecular flexibility index (Phi) is 0.922. The molecule has 0 saturated heterocycles. The van der Waals surface area contributed by atoms with Gasteiger partial charge in [0.2, 0.25) is 0 Å². The van der Waals surface area contributed by atoms with Gasteiger partial charge >= 0.3 is 0 Å². The van der Waals surface area contributed by atoms with Crippen molar-refractivity contribution >= 4 is 24.4 Å². The van der Waals surface area contributed by atoms with Crippen LogP contribution in [-0.4, -0.2) is 20.5 Å². The minimum absolute atomic E-state index is 0.624. The average Bonchev–Trinajstić information content (AvgIpc) is 2.33. The molecule has 1 aromatic rings. The van der Waals surface area contributed by atoms with Gasteiger partial charge in [-0.05, 0) is 0 Å². The lowest BCUT2D eigenvalue weighted by Crippen LogP contribution is -2.07. The maximum absolute atomic E-state index is 3.89. The van der Waals surface area contributed by atoms with Gasteiger partial charge in [0, 0.05) is 0 Å². The zero-order chi connectivity index (χ0) is 6.10. The fourth-order valence-electron chi connectivity index (χ4n) is 0.532. The molecule has 0 bridgehead atoms. The van der Waals surface area contributed by atoms with E-state index in [9.17, 15) is 0 Å². The smallest absolute Gasteiger partial charge is 0.263 e. The van der Waals surface area contributed by atoms with E-state index in [0.717, 1.165) is 0 Å². The Bertz CT molecular complexity index is 240. The number of aliphatic imine (C=N–C) groups is 1. The van der Waals surface area contributed by atoms with E-state index < -0.39 is 0 Å². The minimum Gasteiger partial charge on any atom is -0.302 e. The van der Waals surface area contributed by atoms with Crippen LogP contribution in [0.25, 0.3) is 0 Å². The quantitative estimate of drug-likeness (QED) is 0.515. The minimum atomic E-state index is 0.624. The maximum atomic E-state index is 3.89. The third-order valence-electron chi connectivity index (χ3n) is 0.885. The number of hydrogen-bond acceptors (Lipinski definition) is 5. The van der Waals surface area contributed by atoms with Crippen molar-refractivity contribution in [3.05, 3.63) is 6.33 Å². The van der Waals surface area contributed by atoms with Gasteiger partial charge < -0.3 is 4.72 Å². The van der Waals surface area contributed by atoms with Crippen molar-refractivity contribution in [2.45, 2.75) is 0 Å². The summed E-state index contributed by atoms with van der Waals surface area (Å²) in [5.41, 5.74) is 0. The lowest BCUT2D eigenvalue weighted by atomic mass is 11.0. The van der Waals surface area contributed by atoms with Crippen LogP contribution >= 0.6 is 12.1 Å². The van der Waals surface area contributed by atoms with Crippen LogP contribution in [0, 0.1) is 0 Å². The van der Waals surface area contributed by atoms with Gasteiger partial charge in [-0.25, -0.2) is 8.96 Å². The van der Waals surface area contributed by atoms with Crippen LogP contribution in [0.4, 0.5) is 5.95 Å². The fraction of sp³-hybridized carbons (Fsp3) is 0. The summed E-state index contributed by atoms with van der Waals surface area (Å²) in [6, 6.07) is 0. The van der Waals surface area contributed by atoms with Crippen molar-refractivity contribution in [2.24, 2.45) is 4.99 Å². The Labute approximate surface area is 55.5 Å². The van der Waals surface area contributed by atoms with Crippen molar-refractivity contribution < 1.29 is 0 Å². The van der Waals surface area contributed by atoms with Crippen LogP contribution in [0.5, 0.6) is 0 Å². The lowest BCUT2D eigenvalue weighted by molar-refractivity contribution is 1.08. The van der Waals surface area contributed by atoms with Gasteiger partial charge in [-0.2, -0.15) is 0 Å². The van der Waals surface area contributed by atoms with Crippen LogP contribution < -0.4 is 4.72 Å². The Morgan fingerprint density at radius 2 is 2.67 bits per heavy atom. The first kappa shape index (κ1) is 4.80. The molecule has 0 amide bonds. The second kappa shape index (κ2) is 1.73. The van der Waals surface area contributed by atoms with Gasteiger partial charge in [0.25, 0.3) is 5.95 Å². The van der Waals surface area contributed by atoms with Gasteiger partial charge in [0.05, 0.1) is 12.1 Å². The summed E-state index contributed by atoms with van der Waals surface area (Å²) >= 11 is 1.39. The topological polar surface area (TPSA) is 55.1 Å². The summed E-state index contributed by atoms with van der Waals surface area (Å²) < 4.78 is 4.57. The van der Waals surface area contributed by atoms with Gasteiger partial charge in [0.1, 0.15) is 12.7 Å². The van der Waals surface area contributed by atoms with Crippen molar-refractivity contribution in [1.82, 2.24) is 18.9 Å². The van der Waals surface area contributed by atoms with Gasteiger partial charge in [-0.15, -0.1) is 10.2 Å². The van der Waals surface area contributed by atoms with E-state index in [-0.39, 0.29) is 0 Å².